The van der Waals surface area contributed by atoms with E-state index in [4.69, 9.17) is 4.42 Å². The minimum absolute atomic E-state index is 0.292. The van der Waals surface area contributed by atoms with Crippen molar-refractivity contribution in [3.8, 4) is 0 Å². The molecule has 2 nitrogen and oxygen atoms in total. The topological polar surface area (TPSA) is 33.4 Å². The first-order chi connectivity index (χ1) is 7.50. The van der Waals surface area contributed by atoms with Crippen LogP contribution < -0.4 is 0 Å². The summed E-state index contributed by atoms with van der Waals surface area (Å²) in [4.78, 5) is 0. The molecule has 2 heteroatoms. The van der Waals surface area contributed by atoms with E-state index in [1.165, 1.54) is 0 Å². The summed E-state index contributed by atoms with van der Waals surface area (Å²) in [5, 5.41) is 9.69. The van der Waals surface area contributed by atoms with Gasteiger partial charge in [0.25, 0.3) is 0 Å². The van der Waals surface area contributed by atoms with E-state index in [1.54, 1.807) is 0 Å². The first kappa shape index (κ1) is 13.3. The third-order valence-electron chi connectivity index (χ3n) is 2.46. The third kappa shape index (κ3) is 4.01. The number of aryl methyl sites for hydroxylation is 2. The minimum atomic E-state index is -0.292. The molecule has 0 amide bonds. The average molecular weight is 224 g/mol. The molecule has 0 bridgehead atoms. The van der Waals surface area contributed by atoms with Crippen molar-refractivity contribution < 1.29 is 9.52 Å². The molecule has 1 heterocycles. The highest BCUT2D eigenvalue weighted by Gasteiger charge is 2.19. The second-order valence-electron chi connectivity index (χ2n) is 5.23. The Balaban J connectivity index is 0.000000280. The van der Waals surface area contributed by atoms with Crippen LogP contribution in [-0.4, -0.2) is 5.11 Å². The van der Waals surface area contributed by atoms with Crippen LogP contribution >= 0.6 is 0 Å². The SMILES string of the molecule is CC(C)C.Cc1cc2c(o1)CCCCC2O. The van der Waals surface area contributed by atoms with E-state index in [0.717, 1.165) is 48.7 Å². The van der Waals surface area contributed by atoms with Crippen LogP contribution in [0.1, 0.15) is 63.2 Å². The van der Waals surface area contributed by atoms with E-state index in [2.05, 4.69) is 20.8 Å². The molecule has 0 radical (unpaired) electrons. The van der Waals surface area contributed by atoms with Crippen LogP contribution in [0, 0.1) is 12.8 Å². The zero-order chi connectivity index (χ0) is 12.1. The Labute approximate surface area is 98.7 Å². The lowest BCUT2D eigenvalue weighted by Crippen LogP contribution is -1.94. The maximum absolute atomic E-state index is 9.69. The van der Waals surface area contributed by atoms with Crippen molar-refractivity contribution in [1.29, 1.82) is 0 Å². The second-order valence-corrected chi connectivity index (χ2v) is 5.23. The smallest absolute Gasteiger partial charge is 0.109 e. The summed E-state index contributed by atoms with van der Waals surface area (Å²) in [5.74, 6) is 2.75. The molecule has 92 valence electrons. The number of furan rings is 1. The summed E-state index contributed by atoms with van der Waals surface area (Å²) in [6.07, 6.45) is 3.81. The number of hydrogen-bond donors (Lipinski definition) is 1. The molecule has 0 spiro atoms. The molecular formula is C14H24O2. The lowest BCUT2D eigenvalue weighted by atomic mass is 10.1. The molecular weight excluding hydrogens is 200 g/mol. The van der Waals surface area contributed by atoms with Gasteiger partial charge in [-0.25, -0.2) is 0 Å². The number of fused-ring (bicyclic) bond motifs is 1. The Kier molecular flexibility index (Phi) is 5.07. The highest BCUT2D eigenvalue weighted by atomic mass is 16.3. The van der Waals surface area contributed by atoms with Gasteiger partial charge in [0.1, 0.15) is 11.5 Å². The molecule has 0 fully saturated rings. The van der Waals surface area contributed by atoms with Gasteiger partial charge in [0.2, 0.25) is 0 Å². The fourth-order valence-corrected chi connectivity index (χ4v) is 1.84. The summed E-state index contributed by atoms with van der Waals surface area (Å²) >= 11 is 0. The third-order valence-corrected chi connectivity index (χ3v) is 2.46. The lowest BCUT2D eigenvalue weighted by Gasteiger charge is -2.04. The molecule has 1 atom stereocenters. The van der Waals surface area contributed by atoms with Crippen LogP contribution in [0.3, 0.4) is 0 Å². The molecule has 16 heavy (non-hydrogen) atoms. The molecule has 0 saturated carbocycles. The van der Waals surface area contributed by atoms with Gasteiger partial charge in [0.05, 0.1) is 6.10 Å². The molecule has 1 aromatic rings. The molecule has 0 saturated heterocycles. The summed E-state index contributed by atoms with van der Waals surface area (Å²) in [5.41, 5.74) is 1.02. The van der Waals surface area contributed by atoms with E-state index >= 15 is 0 Å². The van der Waals surface area contributed by atoms with E-state index in [1.807, 2.05) is 13.0 Å². The van der Waals surface area contributed by atoms with Gasteiger partial charge in [-0.05, 0) is 31.7 Å². The van der Waals surface area contributed by atoms with Crippen molar-refractivity contribution in [2.45, 2.75) is 59.5 Å². The highest BCUT2D eigenvalue weighted by Crippen LogP contribution is 2.30. The average Bonchev–Trinajstić information content (AvgIpc) is 2.45. The van der Waals surface area contributed by atoms with Crippen LogP contribution in [0.15, 0.2) is 10.5 Å². The van der Waals surface area contributed by atoms with Gasteiger partial charge in [0, 0.05) is 12.0 Å². The van der Waals surface area contributed by atoms with E-state index < -0.39 is 0 Å². The maximum atomic E-state index is 9.69. The standard InChI is InChI=1S/C10H14O2.C4H10/c1-7-6-8-9(11)4-2-3-5-10(8)12-7;1-4(2)3/h6,9,11H,2-5H2,1H3;4H,1-3H3. The minimum Gasteiger partial charge on any atom is -0.466 e. The summed E-state index contributed by atoms with van der Waals surface area (Å²) in [7, 11) is 0. The number of rotatable bonds is 0. The van der Waals surface area contributed by atoms with E-state index in [-0.39, 0.29) is 6.10 Å². The first-order valence-corrected chi connectivity index (χ1v) is 6.28. The Morgan fingerprint density at radius 3 is 2.56 bits per heavy atom. The lowest BCUT2D eigenvalue weighted by molar-refractivity contribution is 0.166. The molecule has 2 rings (SSSR count). The normalized spacial score (nSPS) is 19.8. The second kappa shape index (κ2) is 6.09. The van der Waals surface area contributed by atoms with E-state index in [0.29, 0.717) is 0 Å². The molecule has 0 aromatic carbocycles. The summed E-state index contributed by atoms with van der Waals surface area (Å²) < 4.78 is 5.50. The molecule has 1 aliphatic rings. The fraction of sp³-hybridized carbons (Fsp3) is 0.714. The quantitative estimate of drug-likeness (QED) is 0.675. The monoisotopic (exact) mass is 224 g/mol. The Hall–Kier alpha value is -0.760. The van der Waals surface area contributed by atoms with Crippen LogP contribution in [-0.2, 0) is 6.42 Å². The molecule has 1 N–H and O–H groups in total. The maximum Gasteiger partial charge on any atom is 0.109 e. The zero-order valence-corrected chi connectivity index (χ0v) is 10.9. The predicted molar refractivity (Wildman–Crippen MR) is 66.5 cm³/mol. The van der Waals surface area contributed by atoms with Crippen molar-refractivity contribution >= 4 is 0 Å². The summed E-state index contributed by atoms with van der Waals surface area (Å²) in [6, 6.07) is 1.96. The van der Waals surface area contributed by atoms with E-state index in [9.17, 15) is 5.11 Å². The Morgan fingerprint density at radius 2 is 1.94 bits per heavy atom. The highest BCUT2D eigenvalue weighted by molar-refractivity contribution is 5.24. The number of hydrogen-bond acceptors (Lipinski definition) is 2. The van der Waals surface area contributed by atoms with Crippen LogP contribution in [0.4, 0.5) is 0 Å². The van der Waals surface area contributed by atoms with Gasteiger partial charge in [-0.1, -0.05) is 27.2 Å². The molecule has 1 unspecified atom stereocenters. The van der Waals surface area contributed by atoms with Gasteiger partial charge in [-0.3, -0.25) is 0 Å². The Bertz CT molecular complexity index is 310. The van der Waals surface area contributed by atoms with Crippen molar-refractivity contribution in [2.24, 2.45) is 5.92 Å². The van der Waals surface area contributed by atoms with Gasteiger partial charge in [0.15, 0.2) is 0 Å². The summed E-state index contributed by atoms with van der Waals surface area (Å²) in [6.45, 7) is 8.43. The largest absolute Gasteiger partial charge is 0.466 e. The molecule has 1 aromatic heterocycles. The van der Waals surface area contributed by atoms with Gasteiger partial charge in [-0.15, -0.1) is 0 Å². The first-order valence-electron chi connectivity index (χ1n) is 6.28. The van der Waals surface area contributed by atoms with Gasteiger partial charge < -0.3 is 9.52 Å². The van der Waals surface area contributed by atoms with Crippen LogP contribution in [0.5, 0.6) is 0 Å². The van der Waals surface area contributed by atoms with Crippen molar-refractivity contribution in [1.82, 2.24) is 0 Å². The fourth-order valence-electron chi connectivity index (χ4n) is 1.84. The van der Waals surface area contributed by atoms with Crippen LogP contribution in [0.2, 0.25) is 0 Å². The van der Waals surface area contributed by atoms with Gasteiger partial charge >= 0.3 is 0 Å². The molecule has 0 aliphatic heterocycles. The van der Waals surface area contributed by atoms with Gasteiger partial charge in [-0.2, -0.15) is 0 Å². The van der Waals surface area contributed by atoms with Crippen LogP contribution in [0.25, 0.3) is 0 Å². The number of aliphatic hydroxyl groups is 1. The Morgan fingerprint density at radius 1 is 1.31 bits per heavy atom. The molecule has 1 aliphatic carbocycles. The zero-order valence-electron chi connectivity index (χ0n) is 10.9. The van der Waals surface area contributed by atoms with Crippen molar-refractivity contribution in [2.75, 3.05) is 0 Å². The van der Waals surface area contributed by atoms with Crippen molar-refractivity contribution in [3.05, 3.63) is 23.2 Å². The predicted octanol–water partition coefficient (Wildman–Crippen LogP) is 4.01. The van der Waals surface area contributed by atoms with Crippen molar-refractivity contribution in [3.63, 3.8) is 0 Å². The number of aliphatic hydroxyl groups excluding tert-OH is 1.